The minimum Gasteiger partial charge on any atom is -0.451 e. The topological polar surface area (TPSA) is 58.0 Å². The van der Waals surface area contributed by atoms with Crippen molar-refractivity contribution in [1.29, 1.82) is 0 Å². The molecule has 120 valence electrons. The van der Waals surface area contributed by atoms with Crippen molar-refractivity contribution in [3.63, 3.8) is 0 Å². The van der Waals surface area contributed by atoms with Crippen molar-refractivity contribution in [2.45, 2.75) is 6.18 Å². The molecule has 0 aliphatic carbocycles. The Morgan fingerprint density at radius 2 is 1.70 bits per heavy atom. The van der Waals surface area contributed by atoms with Crippen LogP contribution >= 0.6 is 22.6 Å². The first-order chi connectivity index (χ1) is 10.7. The highest BCUT2D eigenvalue weighted by Crippen LogP contribution is 2.38. The first kappa shape index (κ1) is 17.3. The summed E-state index contributed by atoms with van der Waals surface area (Å²) in [5.74, 6) is -4.26. The molecule has 0 atom stereocenters. The van der Waals surface area contributed by atoms with Crippen LogP contribution in [0.2, 0.25) is 0 Å². The molecule has 0 spiro atoms. The molecule has 4 nitrogen and oxygen atoms in total. The van der Waals surface area contributed by atoms with Gasteiger partial charge in [0.05, 0.1) is 11.3 Å². The van der Waals surface area contributed by atoms with Crippen LogP contribution in [-0.4, -0.2) is 0 Å². The first-order valence-electron chi connectivity index (χ1n) is 5.81. The number of alkyl halides is 3. The molecule has 10 heteroatoms. The van der Waals surface area contributed by atoms with Gasteiger partial charge in [-0.1, -0.05) is 5.11 Å². The Morgan fingerprint density at radius 3 is 2.22 bits per heavy atom. The van der Waals surface area contributed by atoms with Gasteiger partial charge in [0.1, 0.15) is 5.75 Å². The predicted molar refractivity (Wildman–Crippen MR) is 79.4 cm³/mol. The van der Waals surface area contributed by atoms with Gasteiger partial charge in [-0.15, -0.1) is 0 Å². The monoisotopic (exact) mass is 441 g/mol. The standard InChI is InChI=1S/C13H5F5IN3O/c14-8-3-6(13(16,17)18)4-9(15)12(8)23-11-5-7(19)1-2-10(11)21-22-20/h1-5H. The summed E-state index contributed by atoms with van der Waals surface area (Å²) in [6.45, 7) is 0. The number of hydrogen-bond acceptors (Lipinski definition) is 2. The van der Waals surface area contributed by atoms with Crippen LogP contribution in [0.5, 0.6) is 11.5 Å². The molecular weight excluding hydrogens is 436 g/mol. The maximum Gasteiger partial charge on any atom is 0.416 e. The molecule has 0 N–H and O–H groups in total. The summed E-state index contributed by atoms with van der Waals surface area (Å²) in [7, 11) is 0. The van der Waals surface area contributed by atoms with Crippen LogP contribution in [0, 0.1) is 15.2 Å². The Balaban J connectivity index is 2.49. The quantitative estimate of drug-likeness (QED) is 0.181. The van der Waals surface area contributed by atoms with Gasteiger partial charge in [0.2, 0.25) is 0 Å². The Morgan fingerprint density at radius 1 is 1.09 bits per heavy atom. The van der Waals surface area contributed by atoms with E-state index in [1.54, 1.807) is 6.07 Å². The Bertz CT molecular complexity index is 780. The van der Waals surface area contributed by atoms with Crippen molar-refractivity contribution in [2.24, 2.45) is 5.11 Å². The molecule has 0 unspecified atom stereocenters. The molecule has 0 saturated heterocycles. The van der Waals surface area contributed by atoms with Gasteiger partial charge in [0.15, 0.2) is 17.4 Å². The van der Waals surface area contributed by atoms with Crippen molar-refractivity contribution in [1.82, 2.24) is 0 Å². The second-order valence-electron chi connectivity index (χ2n) is 4.17. The van der Waals surface area contributed by atoms with Crippen molar-refractivity contribution in [3.05, 3.63) is 61.5 Å². The fourth-order valence-corrected chi connectivity index (χ4v) is 2.09. The van der Waals surface area contributed by atoms with Crippen molar-refractivity contribution < 1.29 is 26.7 Å². The van der Waals surface area contributed by atoms with Crippen LogP contribution in [0.25, 0.3) is 10.4 Å². The van der Waals surface area contributed by atoms with Gasteiger partial charge in [-0.05, 0) is 58.5 Å². The molecule has 0 amide bonds. The molecule has 0 saturated carbocycles. The number of azide groups is 1. The van der Waals surface area contributed by atoms with Gasteiger partial charge in [-0.2, -0.15) is 13.2 Å². The normalized spacial score (nSPS) is 11.0. The van der Waals surface area contributed by atoms with E-state index in [1.165, 1.54) is 12.1 Å². The average molecular weight is 441 g/mol. The van der Waals surface area contributed by atoms with E-state index in [2.05, 4.69) is 10.0 Å². The molecule has 0 radical (unpaired) electrons. The molecular formula is C13H5F5IN3O. The summed E-state index contributed by atoms with van der Waals surface area (Å²) in [6.07, 6.45) is -4.89. The molecule has 0 bridgehead atoms. The number of halogens is 6. The Hall–Kier alpha value is -2.07. The third kappa shape index (κ3) is 4.02. The van der Waals surface area contributed by atoms with Gasteiger partial charge >= 0.3 is 6.18 Å². The third-order valence-corrected chi connectivity index (χ3v) is 3.28. The molecule has 2 aromatic carbocycles. The number of hydrogen-bond donors (Lipinski definition) is 0. The summed E-state index contributed by atoms with van der Waals surface area (Å²) in [6, 6.07) is 4.47. The Labute approximate surface area is 139 Å². The van der Waals surface area contributed by atoms with Gasteiger partial charge in [-0.3, -0.25) is 0 Å². The molecule has 2 rings (SSSR count). The SMILES string of the molecule is [N-]=[N+]=Nc1ccc(I)cc1Oc1c(F)cc(C(F)(F)F)cc1F. The maximum atomic E-state index is 13.8. The van der Waals surface area contributed by atoms with Crippen LogP contribution in [-0.2, 0) is 6.18 Å². The highest BCUT2D eigenvalue weighted by molar-refractivity contribution is 14.1. The molecule has 0 heterocycles. The van der Waals surface area contributed by atoms with Crippen LogP contribution in [0.15, 0.2) is 35.4 Å². The van der Waals surface area contributed by atoms with Crippen LogP contribution in [0.4, 0.5) is 27.6 Å². The minimum absolute atomic E-state index is 0.0633. The zero-order chi connectivity index (χ0) is 17.2. The lowest BCUT2D eigenvalue weighted by atomic mass is 10.2. The van der Waals surface area contributed by atoms with Gasteiger partial charge < -0.3 is 4.74 Å². The average Bonchev–Trinajstić information content (AvgIpc) is 2.44. The number of benzene rings is 2. The first-order valence-corrected chi connectivity index (χ1v) is 6.89. The van der Waals surface area contributed by atoms with Crippen molar-refractivity contribution in [2.75, 3.05) is 0 Å². The van der Waals surface area contributed by atoms with E-state index in [4.69, 9.17) is 10.3 Å². The molecule has 0 aliphatic rings. The van der Waals surface area contributed by atoms with E-state index >= 15 is 0 Å². The number of rotatable bonds is 3. The number of nitrogens with zero attached hydrogens (tertiary/aromatic N) is 3. The van der Waals surface area contributed by atoms with Crippen LogP contribution < -0.4 is 4.74 Å². The molecule has 2 aromatic rings. The fraction of sp³-hybridized carbons (Fsp3) is 0.0769. The molecule has 0 aromatic heterocycles. The minimum atomic E-state index is -4.89. The lowest BCUT2D eigenvalue weighted by molar-refractivity contribution is -0.138. The summed E-state index contributed by atoms with van der Waals surface area (Å²) in [5, 5.41) is 3.29. The highest BCUT2D eigenvalue weighted by atomic mass is 127. The maximum absolute atomic E-state index is 13.8. The zero-order valence-corrected chi connectivity index (χ0v) is 13.1. The van der Waals surface area contributed by atoms with E-state index in [0.29, 0.717) is 3.57 Å². The predicted octanol–water partition coefficient (Wildman–Crippen LogP) is 6.32. The molecule has 0 aliphatic heterocycles. The van der Waals surface area contributed by atoms with Gasteiger partial charge in [0, 0.05) is 8.48 Å². The fourth-order valence-electron chi connectivity index (χ4n) is 1.63. The van der Waals surface area contributed by atoms with E-state index in [-0.39, 0.29) is 23.6 Å². The highest BCUT2D eigenvalue weighted by Gasteiger charge is 2.33. The van der Waals surface area contributed by atoms with Crippen LogP contribution in [0.3, 0.4) is 0 Å². The van der Waals surface area contributed by atoms with Crippen LogP contribution in [0.1, 0.15) is 5.56 Å². The smallest absolute Gasteiger partial charge is 0.416 e. The summed E-state index contributed by atoms with van der Waals surface area (Å²) >= 11 is 1.88. The number of ether oxygens (including phenoxy) is 1. The Kier molecular flexibility index (Phi) is 4.95. The summed E-state index contributed by atoms with van der Waals surface area (Å²) < 4.78 is 70.6. The molecule has 0 fully saturated rings. The third-order valence-electron chi connectivity index (χ3n) is 2.61. The van der Waals surface area contributed by atoms with Gasteiger partial charge in [-0.25, -0.2) is 8.78 Å². The lowest BCUT2D eigenvalue weighted by Gasteiger charge is -2.13. The lowest BCUT2D eigenvalue weighted by Crippen LogP contribution is -2.07. The summed E-state index contributed by atoms with van der Waals surface area (Å²) in [5.41, 5.74) is 6.90. The zero-order valence-electron chi connectivity index (χ0n) is 10.9. The molecule has 23 heavy (non-hydrogen) atoms. The van der Waals surface area contributed by atoms with E-state index in [0.717, 1.165) is 0 Å². The van der Waals surface area contributed by atoms with E-state index in [1.807, 2.05) is 22.6 Å². The van der Waals surface area contributed by atoms with E-state index < -0.39 is 29.1 Å². The second kappa shape index (κ2) is 6.59. The van der Waals surface area contributed by atoms with Gasteiger partial charge in [0.25, 0.3) is 0 Å². The summed E-state index contributed by atoms with van der Waals surface area (Å²) in [4.78, 5) is 2.54. The van der Waals surface area contributed by atoms with Crippen molar-refractivity contribution >= 4 is 28.3 Å². The van der Waals surface area contributed by atoms with Crippen molar-refractivity contribution in [3.8, 4) is 11.5 Å². The van der Waals surface area contributed by atoms with E-state index in [9.17, 15) is 22.0 Å². The second-order valence-corrected chi connectivity index (χ2v) is 5.42. The largest absolute Gasteiger partial charge is 0.451 e.